The molecule has 0 aliphatic carbocycles. The molecule has 4 nitrogen and oxygen atoms in total. The molecule has 1 N–H and O–H groups in total. The van der Waals surface area contributed by atoms with Crippen LogP contribution < -0.4 is 0 Å². The van der Waals surface area contributed by atoms with Gasteiger partial charge in [-0.25, -0.2) is 4.79 Å². The predicted molar refractivity (Wildman–Crippen MR) is 67.8 cm³/mol. The van der Waals surface area contributed by atoms with Crippen molar-refractivity contribution in [1.82, 2.24) is 0 Å². The Morgan fingerprint density at radius 1 is 1.39 bits per heavy atom. The van der Waals surface area contributed by atoms with Gasteiger partial charge in [0.25, 0.3) is 0 Å². The molecule has 1 heterocycles. The third kappa shape index (κ3) is 2.18. The monoisotopic (exact) mass is 248 g/mol. The van der Waals surface area contributed by atoms with Crippen LogP contribution in [0.15, 0.2) is 22.6 Å². The lowest BCUT2D eigenvalue weighted by Gasteiger charge is -2.02. The first kappa shape index (κ1) is 12.5. The highest BCUT2D eigenvalue weighted by molar-refractivity contribution is 6.04. The van der Waals surface area contributed by atoms with Crippen molar-refractivity contribution in [3.05, 3.63) is 29.5 Å². The van der Waals surface area contributed by atoms with Crippen molar-refractivity contribution in [3.63, 3.8) is 0 Å². The third-order valence-electron chi connectivity index (χ3n) is 2.70. The summed E-state index contributed by atoms with van der Waals surface area (Å²) in [5, 5.41) is 10.1. The number of carbonyl (C=O) groups excluding carboxylic acids is 1. The lowest BCUT2D eigenvalue weighted by atomic mass is 10.1. The highest BCUT2D eigenvalue weighted by atomic mass is 16.5. The molecular formula is C14H16O4. The van der Waals surface area contributed by atoms with Crippen molar-refractivity contribution in [2.24, 2.45) is 0 Å². The number of fused-ring (bicyclic) bond motifs is 1. The number of hydrogen-bond donors (Lipinski definition) is 1. The third-order valence-corrected chi connectivity index (χ3v) is 2.70. The number of aryl methyl sites for hydroxylation is 1. The van der Waals surface area contributed by atoms with Gasteiger partial charge in [-0.1, -0.05) is 6.92 Å². The molecular weight excluding hydrogens is 232 g/mol. The van der Waals surface area contributed by atoms with Gasteiger partial charge in [0.15, 0.2) is 0 Å². The Labute approximate surface area is 105 Å². The average Bonchev–Trinajstić information content (AvgIpc) is 2.67. The second-order valence-electron chi connectivity index (χ2n) is 4.05. The number of hydrogen-bond acceptors (Lipinski definition) is 4. The van der Waals surface area contributed by atoms with Gasteiger partial charge >= 0.3 is 5.97 Å². The minimum absolute atomic E-state index is 0.108. The number of esters is 1. The Morgan fingerprint density at radius 2 is 2.17 bits per heavy atom. The van der Waals surface area contributed by atoms with Gasteiger partial charge in [-0.15, -0.1) is 0 Å². The van der Waals surface area contributed by atoms with E-state index in [2.05, 4.69) is 0 Å². The molecule has 0 bridgehead atoms. The molecule has 0 saturated heterocycles. The summed E-state index contributed by atoms with van der Waals surface area (Å²) in [7, 11) is 0. The molecule has 0 aliphatic rings. The summed E-state index contributed by atoms with van der Waals surface area (Å²) in [6.45, 7) is 4.09. The molecule has 0 spiro atoms. The summed E-state index contributed by atoms with van der Waals surface area (Å²) in [6.07, 6.45) is 1.54. The van der Waals surface area contributed by atoms with E-state index >= 15 is 0 Å². The van der Waals surface area contributed by atoms with Gasteiger partial charge in [0, 0.05) is 11.8 Å². The van der Waals surface area contributed by atoms with Gasteiger partial charge in [0.1, 0.15) is 22.7 Å². The zero-order chi connectivity index (χ0) is 13.1. The number of phenols is 1. The van der Waals surface area contributed by atoms with Gasteiger partial charge in [-0.2, -0.15) is 0 Å². The smallest absolute Gasteiger partial charge is 0.342 e. The summed E-state index contributed by atoms with van der Waals surface area (Å²) in [4.78, 5) is 12.0. The van der Waals surface area contributed by atoms with E-state index in [0.29, 0.717) is 35.3 Å². The van der Waals surface area contributed by atoms with E-state index in [4.69, 9.17) is 9.15 Å². The molecule has 18 heavy (non-hydrogen) atoms. The Kier molecular flexibility index (Phi) is 3.55. The van der Waals surface area contributed by atoms with Crippen LogP contribution in [0.1, 0.15) is 36.4 Å². The van der Waals surface area contributed by atoms with Gasteiger partial charge < -0.3 is 14.3 Å². The number of phenolic OH excluding ortho intramolecular Hbond substituents is 1. The van der Waals surface area contributed by atoms with E-state index < -0.39 is 5.97 Å². The fraction of sp³-hybridized carbons (Fsp3) is 0.357. The maximum Gasteiger partial charge on any atom is 0.342 e. The molecule has 0 fully saturated rings. The minimum atomic E-state index is -0.398. The first-order valence-corrected chi connectivity index (χ1v) is 6.08. The summed E-state index contributed by atoms with van der Waals surface area (Å²) in [6, 6.07) is 4.73. The number of aromatic hydroxyl groups is 1. The predicted octanol–water partition coefficient (Wildman–Crippen LogP) is 3.27. The Balaban J connectivity index is 2.60. The van der Waals surface area contributed by atoms with Crippen LogP contribution in [0.4, 0.5) is 0 Å². The highest BCUT2D eigenvalue weighted by Gasteiger charge is 2.21. The molecule has 2 rings (SSSR count). The lowest BCUT2D eigenvalue weighted by molar-refractivity contribution is 0.0526. The number of rotatable bonds is 4. The van der Waals surface area contributed by atoms with Gasteiger partial charge in [-0.05, 0) is 31.5 Å². The molecule has 4 heteroatoms. The van der Waals surface area contributed by atoms with Crippen LogP contribution in [0.25, 0.3) is 11.0 Å². The van der Waals surface area contributed by atoms with Crippen molar-refractivity contribution in [3.8, 4) is 5.75 Å². The normalized spacial score (nSPS) is 10.8. The van der Waals surface area contributed by atoms with E-state index in [1.165, 1.54) is 12.1 Å². The first-order chi connectivity index (χ1) is 8.67. The Hall–Kier alpha value is -1.97. The van der Waals surface area contributed by atoms with Crippen molar-refractivity contribution < 1.29 is 19.1 Å². The number of ether oxygens (including phenoxy) is 1. The fourth-order valence-corrected chi connectivity index (χ4v) is 1.97. The maximum absolute atomic E-state index is 12.0. The van der Waals surface area contributed by atoms with Crippen LogP contribution in [0.3, 0.4) is 0 Å². The number of benzene rings is 1. The van der Waals surface area contributed by atoms with Crippen LogP contribution in [0, 0.1) is 0 Å². The van der Waals surface area contributed by atoms with Crippen molar-refractivity contribution in [2.45, 2.75) is 26.7 Å². The Morgan fingerprint density at radius 3 is 2.83 bits per heavy atom. The van der Waals surface area contributed by atoms with Crippen molar-refractivity contribution in [1.29, 1.82) is 0 Å². The Bertz CT molecular complexity index is 568. The molecule has 1 aromatic heterocycles. The summed E-state index contributed by atoms with van der Waals surface area (Å²) in [5.41, 5.74) is 1.03. The second kappa shape index (κ2) is 5.12. The van der Waals surface area contributed by atoms with E-state index in [9.17, 15) is 9.90 Å². The zero-order valence-corrected chi connectivity index (χ0v) is 10.5. The maximum atomic E-state index is 12.0. The van der Waals surface area contributed by atoms with Crippen LogP contribution in [0.5, 0.6) is 5.75 Å². The van der Waals surface area contributed by atoms with Crippen LogP contribution in [-0.4, -0.2) is 17.7 Å². The standard InChI is InChI=1S/C14H16O4/c1-3-5-12-13(14(16)17-4-2)10-8-9(15)6-7-11(10)18-12/h6-8,15H,3-5H2,1-2H3. The largest absolute Gasteiger partial charge is 0.508 e. The molecule has 2 aromatic rings. The quantitative estimate of drug-likeness (QED) is 0.843. The molecule has 0 radical (unpaired) electrons. The van der Waals surface area contributed by atoms with Crippen LogP contribution >= 0.6 is 0 Å². The molecule has 0 saturated carbocycles. The van der Waals surface area contributed by atoms with E-state index in [0.717, 1.165) is 6.42 Å². The SMILES string of the molecule is CCCc1oc2ccc(O)cc2c1C(=O)OCC. The van der Waals surface area contributed by atoms with Crippen LogP contribution in [0.2, 0.25) is 0 Å². The summed E-state index contributed by atoms with van der Waals surface area (Å²) in [5.74, 6) is 0.332. The second-order valence-corrected chi connectivity index (χ2v) is 4.05. The average molecular weight is 248 g/mol. The zero-order valence-electron chi connectivity index (χ0n) is 10.5. The molecule has 1 aromatic carbocycles. The lowest BCUT2D eigenvalue weighted by Crippen LogP contribution is -2.06. The molecule has 96 valence electrons. The van der Waals surface area contributed by atoms with Crippen molar-refractivity contribution >= 4 is 16.9 Å². The van der Waals surface area contributed by atoms with E-state index in [1.54, 1.807) is 13.0 Å². The molecule has 0 unspecified atom stereocenters. The number of furan rings is 1. The summed E-state index contributed by atoms with van der Waals surface area (Å²) >= 11 is 0. The van der Waals surface area contributed by atoms with Crippen molar-refractivity contribution in [2.75, 3.05) is 6.61 Å². The number of carbonyl (C=O) groups is 1. The molecule has 0 atom stereocenters. The minimum Gasteiger partial charge on any atom is -0.508 e. The van der Waals surface area contributed by atoms with Gasteiger partial charge in [-0.3, -0.25) is 0 Å². The molecule has 0 amide bonds. The van der Waals surface area contributed by atoms with Gasteiger partial charge in [0.05, 0.1) is 6.61 Å². The topological polar surface area (TPSA) is 59.7 Å². The summed E-state index contributed by atoms with van der Waals surface area (Å²) < 4.78 is 10.7. The van der Waals surface area contributed by atoms with E-state index in [1.807, 2.05) is 6.92 Å². The highest BCUT2D eigenvalue weighted by Crippen LogP contribution is 2.30. The van der Waals surface area contributed by atoms with E-state index in [-0.39, 0.29) is 5.75 Å². The first-order valence-electron chi connectivity index (χ1n) is 6.08. The van der Waals surface area contributed by atoms with Gasteiger partial charge in [0.2, 0.25) is 0 Å². The van der Waals surface area contributed by atoms with Crippen LogP contribution in [-0.2, 0) is 11.2 Å². The molecule has 0 aliphatic heterocycles. The fourth-order valence-electron chi connectivity index (χ4n) is 1.97.